The molecular formula is C23H21N3O2. The first-order valence-corrected chi connectivity index (χ1v) is 9.25. The zero-order chi connectivity index (χ0) is 19.5. The summed E-state index contributed by atoms with van der Waals surface area (Å²) in [6, 6.07) is 23.0. The van der Waals surface area contributed by atoms with Crippen LogP contribution >= 0.6 is 0 Å². The Morgan fingerprint density at radius 3 is 2.25 bits per heavy atom. The molecule has 0 bridgehead atoms. The lowest BCUT2D eigenvalue weighted by Gasteiger charge is -2.23. The van der Waals surface area contributed by atoms with E-state index in [0.29, 0.717) is 11.3 Å². The van der Waals surface area contributed by atoms with Gasteiger partial charge in [0.05, 0.1) is 11.4 Å². The summed E-state index contributed by atoms with van der Waals surface area (Å²) >= 11 is 0. The van der Waals surface area contributed by atoms with E-state index >= 15 is 0 Å². The molecule has 140 valence electrons. The molecule has 1 aliphatic heterocycles. The van der Waals surface area contributed by atoms with Gasteiger partial charge < -0.3 is 15.5 Å². The molecule has 3 aromatic carbocycles. The fourth-order valence-corrected chi connectivity index (χ4v) is 3.51. The van der Waals surface area contributed by atoms with Gasteiger partial charge in [-0.25, -0.2) is 0 Å². The second-order valence-electron chi connectivity index (χ2n) is 6.76. The highest BCUT2D eigenvalue weighted by molar-refractivity contribution is 6.06. The molecule has 3 aromatic rings. The standard InChI is InChI=1S/C23H21N3O2/c1-16(27)24-19-12-10-18(11-13-19)23(28)25-20-7-3-5-9-22(20)26-15-14-17-6-2-4-8-21(17)26/h2-13H,14-15H2,1H3,(H,24,27)(H,25,28). The van der Waals surface area contributed by atoms with Crippen LogP contribution in [0.3, 0.4) is 0 Å². The summed E-state index contributed by atoms with van der Waals surface area (Å²) in [5, 5.41) is 5.73. The summed E-state index contributed by atoms with van der Waals surface area (Å²) in [7, 11) is 0. The molecule has 1 aliphatic rings. The van der Waals surface area contributed by atoms with Gasteiger partial charge in [-0.2, -0.15) is 0 Å². The zero-order valence-corrected chi connectivity index (χ0v) is 15.6. The van der Waals surface area contributed by atoms with Crippen LogP contribution in [-0.4, -0.2) is 18.4 Å². The monoisotopic (exact) mass is 371 g/mol. The van der Waals surface area contributed by atoms with Gasteiger partial charge in [0, 0.05) is 30.4 Å². The average molecular weight is 371 g/mol. The van der Waals surface area contributed by atoms with Crippen LogP contribution in [0.2, 0.25) is 0 Å². The van der Waals surface area contributed by atoms with Gasteiger partial charge in [-0.1, -0.05) is 30.3 Å². The van der Waals surface area contributed by atoms with Crippen molar-refractivity contribution in [2.75, 3.05) is 22.1 Å². The number of hydrogen-bond acceptors (Lipinski definition) is 3. The third-order valence-corrected chi connectivity index (χ3v) is 4.80. The fourth-order valence-electron chi connectivity index (χ4n) is 3.51. The summed E-state index contributed by atoms with van der Waals surface area (Å²) in [6.07, 6.45) is 0.989. The van der Waals surface area contributed by atoms with Gasteiger partial charge in [-0.3, -0.25) is 9.59 Å². The first-order valence-electron chi connectivity index (χ1n) is 9.25. The van der Waals surface area contributed by atoms with E-state index in [1.165, 1.54) is 18.2 Å². The third kappa shape index (κ3) is 3.60. The Morgan fingerprint density at radius 1 is 0.821 bits per heavy atom. The van der Waals surface area contributed by atoms with Gasteiger partial charge >= 0.3 is 0 Å². The molecule has 0 radical (unpaired) electrons. The van der Waals surface area contributed by atoms with Crippen molar-refractivity contribution in [1.82, 2.24) is 0 Å². The summed E-state index contributed by atoms with van der Waals surface area (Å²) in [5.41, 5.74) is 5.45. The topological polar surface area (TPSA) is 61.4 Å². The van der Waals surface area contributed by atoms with Crippen molar-refractivity contribution in [3.63, 3.8) is 0 Å². The van der Waals surface area contributed by atoms with Gasteiger partial charge in [-0.15, -0.1) is 0 Å². The average Bonchev–Trinajstić information content (AvgIpc) is 3.12. The molecule has 5 nitrogen and oxygen atoms in total. The Kier molecular flexibility index (Phi) is 4.81. The molecule has 0 aromatic heterocycles. The van der Waals surface area contributed by atoms with E-state index < -0.39 is 0 Å². The molecule has 0 fully saturated rings. The quantitative estimate of drug-likeness (QED) is 0.705. The van der Waals surface area contributed by atoms with E-state index in [1.807, 2.05) is 30.3 Å². The summed E-state index contributed by atoms with van der Waals surface area (Å²) < 4.78 is 0. The smallest absolute Gasteiger partial charge is 0.255 e. The van der Waals surface area contributed by atoms with Crippen molar-refractivity contribution in [3.8, 4) is 0 Å². The van der Waals surface area contributed by atoms with Crippen LogP contribution in [0.1, 0.15) is 22.8 Å². The summed E-state index contributed by atoms with van der Waals surface area (Å²) in [5.74, 6) is -0.327. The van der Waals surface area contributed by atoms with Crippen LogP contribution < -0.4 is 15.5 Å². The van der Waals surface area contributed by atoms with E-state index in [-0.39, 0.29) is 11.8 Å². The maximum Gasteiger partial charge on any atom is 0.255 e. The minimum absolute atomic E-state index is 0.142. The van der Waals surface area contributed by atoms with E-state index in [4.69, 9.17) is 0 Å². The molecule has 5 heteroatoms. The Labute approximate surface area is 164 Å². The molecule has 0 atom stereocenters. The molecule has 28 heavy (non-hydrogen) atoms. The maximum absolute atomic E-state index is 12.7. The minimum atomic E-state index is -0.186. The van der Waals surface area contributed by atoms with Crippen molar-refractivity contribution in [2.45, 2.75) is 13.3 Å². The van der Waals surface area contributed by atoms with Gasteiger partial charge in [0.25, 0.3) is 5.91 Å². The van der Waals surface area contributed by atoms with Crippen LogP contribution in [0, 0.1) is 0 Å². The molecule has 1 heterocycles. The lowest BCUT2D eigenvalue weighted by Crippen LogP contribution is -2.18. The first kappa shape index (κ1) is 17.8. The highest BCUT2D eigenvalue weighted by atomic mass is 16.2. The van der Waals surface area contributed by atoms with Crippen molar-refractivity contribution < 1.29 is 9.59 Å². The number of benzene rings is 3. The van der Waals surface area contributed by atoms with Gasteiger partial charge in [0.15, 0.2) is 0 Å². The highest BCUT2D eigenvalue weighted by Crippen LogP contribution is 2.38. The van der Waals surface area contributed by atoms with Crippen molar-refractivity contribution in [3.05, 3.63) is 83.9 Å². The number of rotatable bonds is 4. The number of fused-ring (bicyclic) bond motifs is 1. The van der Waals surface area contributed by atoms with E-state index in [2.05, 4.69) is 33.7 Å². The Morgan fingerprint density at radius 2 is 1.50 bits per heavy atom. The Balaban J connectivity index is 1.56. The van der Waals surface area contributed by atoms with Gasteiger partial charge in [-0.05, 0) is 54.4 Å². The van der Waals surface area contributed by atoms with Crippen LogP contribution in [0.15, 0.2) is 72.8 Å². The molecule has 0 saturated heterocycles. The van der Waals surface area contributed by atoms with Gasteiger partial charge in [0.1, 0.15) is 0 Å². The molecule has 4 rings (SSSR count). The number of carbonyl (C=O) groups excluding carboxylic acids is 2. The second kappa shape index (κ2) is 7.56. The number of nitrogens with zero attached hydrogens (tertiary/aromatic N) is 1. The fraction of sp³-hybridized carbons (Fsp3) is 0.130. The van der Waals surface area contributed by atoms with E-state index in [0.717, 1.165) is 24.3 Å². The molecule has 0 saturated carbocycles. The van der Waals surface area contributed by atoms with Crippen LogP contribution in [0.5, 0.6) is 0 Å². The predicted molar refractivity (Wildman–Crippen MR) is 112 cm³/mol. The molecule has 0 spiro atoms. The van der Waals surface area contributed by atoms with Crippen molar-refractivity contribution in [1.29, 1.82) is 0 Å². The number of amides is 2. The molecular weight excluding hydrogens is 350 g/mol. The predicted octanol–water partition coefficient (Wildman–Crippen LogP) is 4.59. The van der Waals surface area contributed by atoms with Crippen LogP contribution in [0.25, 0.3) is 0 Å². The van der Waals surface area contributed by atoms with E-state index in [1.54, 1.807) is 24.3 Å². The third-order valence-electron chi connectivity index (χ3n) is 4.80. The first-order chi connectivity index (χ1) is 13.6. The van der Waals surface area contributed by atoms with Crippen molar-refractivity contribution >= 4 is 34.6 Å². The van der Waals surface area contributed by atoms with Crippen LogP contribution in [0.4, 0.5) is 22.7 Å². The van der Waals surface area contributed by atoms with E-state index in [9.17, 15) is 9.59 Å². The molecule has 0 aliphatic carbocycles. The van der Waals surface area contributed by atoms with Crippen LogP contribution in [-0.2, 0) is 11.2 Å². The normalized spacial score (nSPS) is 12.4. The van der Waals surface area contributed by atoms with Crippen molar-refractivity contribution in [2.24, 2.45) is 0 Å². The number of carbonyl (C=O) groups is 2. The number of hydrogen-bond donors (Lipinski definition) is 2. The SMILES string of the molecule is CC(=O)Nc1ccc(C(=O)Nc2ccccc2N2CCc3ccccc32)cc1. The Bertz CT molecular complexity index is 1030. The molecule has 2 amide bonds. The lowest BCUT2D eigenvalue weighted by molar-refractivity contribution is -0.114. The Hall–Kier alpha value is -3.60. The largest absolute Gasteiger partial charge is 0.339 e. The number of para-hydroxylation sites is 3. The maximum atomic E-state index is 12.7. The second-order valence-corrected chi connectivity index (χ2v) is 6.76. The molecule has 2 N–H and O–H groups in total. The minimum Gasteiger partial charge on any atom is -0.339 e. The number of nitrogens with one attached hydrogen (secondary N) is 2. The lowest BCUT2D eigenvalue weighted by atomic mass is 10.1. The summed E-state index contributed by atoms with van der Waals surface area (Å²) in [6.45, 7) is 2.34. The van der Waals surface area contributed by atoms with Gasteiger partial charge in [0.2, 0.25) is 5.91 Å². The zero-order valence-electron chi connectivity index (χ0n) is 15.6. The number of anilines is 4. The highest BCUT2D eigenvalue weighted by Gasteiger charge is 2.22. The summed E-state index contributed by atoms with van der Waals surface area (Å²) in [4.78, 5) is 26.1. The molecule has 0 unspecified atom stereocenters.